The first-order valence-electron chi connectivity index (χ1n) is 6.84. The molecule has 2 aromatic rings. The molecule has 0 unspecified atom stereocenters. The van der Waals surface area contributed by atoms with E-state index in [2.05, 4.69) is 10.6 Å². The maximum absolute atomic E-state index is 13.5. The van der Waals surface area contributed by atoms with Gasteiger partial charge in [-0.3, -0.25) is 9.59 Å². The predicted molar refractivity (Wildman–Crippen MR) is 84.3 cm³/mol. The summed E-state index contributed by atoms with van der Waals surface area (Å²) in [4.78, 5) is 24.9. The zero-order valence-corrected chi connectivity index (χ0v) is 12.6. The van der Waals surface area contributed by atoms with Gasteiger partial charge in [0.1, 0.15) is 11.6 Å². The molecule has 2 N–H and O–H groups in total. The number of hydrogen-bond donors (Lipinski definition) is 2. The number of halogens is 2. The van der Waals surface area contributed by atoms with Gasteiger partial charge in [-0.1, -0.05) is 12.1 Å². The monoisotopic (exact) mass is 334 g/mol. The Bertz CT molecular complexity index is 782. The molecule has 0 saturated carbocycles. The molecule has 118 valence electrons. The third-order valence-corrected chi connectivity index (χ3v) is 4.56. The number of hydrogen-bond acceptors (Lipinski definition) is 3. The maximum atomic E-state index is 13.5. The second-order valence-electron chi connectivity index (χ2n) is 4.97. The van der Waals surface area contributed by atoms with E-state index in [0.717, 1.165) is 17.0 Å². The fourth-order valence-electron chi connectivity index (χ4n) is 2.19. The minimum atomic E-state index is -0.857. The summed E-state index contributed by atoms with van der Waals surface area (Å²) in [6.45, 7) is 0. The van der Waals surface area contributed by atoms with Gasteiger partial charge in [0.25, 0.3) is 0 Å². The van der Waals surface area contributed by atoms with E-state index in [1.165, 1.54) is 11.8 Å². The molecule has 1 atom stereocenters. The largest absolute Gasteiger partial charge is 0.324 e. The van der Waals surface area contributed by atoms with Crippen LogP contribution in [-0.4, -0.2) is 17.1 Å². The van der Waals surface area contributed by atoms with Crippen molar-refractivity contribution in [2.45, 2.75) is 16.6 Å². The van der Waals surface area contributed by atoms with Crippen molar-refractivity contribution >= 4 is 35.0 Å². The number of thioether (sulfide) groups is 1. The Morgan fingerprint density at radius 1 is 1.22 bits per heavy atom. The molecule has 1 heterocycles. The highest BCUT2D eigenvalue weighted by molar-refractivity contribution is 8.01. The number of para-hydroxylation sites is 1. The fourth-order valence-corrected chi connectivity index (χ4v) is 3.30. The molecule has 0 saturated heterocycles. The van der Waals surface area contributed by atoms with Crippen LogP contribution in [0.3, 0.4) is 0 Å². The zero-order chi connectivity index (χ0) is 16.4. The molecule has 2 aromatic carbocycles. The molecule has 0 spiro atoms. The van der Waals surface area contributed by atoms with Crippen LogP contribution in [0.25, 0.3) is 0 Å². The molecule has 4 nitrogen and oxygen atoms in total. The van der Waals surface area contributed by atoms with Gasteiger partial charge < -0.3 is 10.6 Å². The van der Waals surface area contributed by atoms with Crippen LogP contribution in [0.5, 0.6) is 0 Å². The summed E-state index contributed by atoms with van der Waals surface area (Å²) in [5, 5.41) is 4.49. The topological polar surface area (TPSA) is 58.2 Å². The van der Waals surface area contributed by atoms with Crippen LogP contribution in [0.15, 0.2) is 47.4 Å². The van der Waals surface area contributed by atoms with Crippen molar-refractivity contribution in [2.24, 2.45) is 0 Å². The molecule has 0 aromatic heterocycles. The molecule has 0 fully saturated rings. The number of benzene rings is 2. The Morgan fingerprint density at radius 3 is 2.78 bits per heavy atom. The van der Waals surface area contributed by atoms with E-state index in [1.54, 1.807) is 6.07 Å². The highest BCUT2D eigenvalue weighted by atomic mass is 32.2. The summed E-state index contributed by atoms with van der Waals surface area (Å²) in [7, 11) is 0. The molecule has 0 radical (unpaired) electrons. The Morgan fingerprint density at radius 2 is 2.00 bits per heavy atom. The number of carbonyl (C=O) groups is 2. The maximum Gasteiger partial charge on any atom is 0.238 e. The summed E-state index contributed by atoms with van der Waals surface area (Å²) in [6, 6.07) is 10.2. The molecular weight excluding hydrogens is 322 g/mol. The average Bonchev–Trinajstić information content (AvgIpc) is 2.51. The molecule has 23 heavy (non-hydrogen) atoms. The van der Waals surface area contributed by atoms with E-state index < -0.39 is 22.8 Å². The van der Waals surface area contributed by atoms with Crippen LogP contribution in [0.2, 0.25) is 0 Å². The lowest BCUT2D eigenvalue weighted by atomic mass is 10.2. The summed E-state index contributed by atoms with van der Waals surface area (Å²) in [6.07, 6.45) is -0.109. The second kappa shape index (κ2) is 6.37. The SMILES string of the molecule is O=C(C[C@@H]1Sc2ccccc2NC1=O)Nc1ccc(F)cc1F. The Hall–Kier alpha value is -2.41. The third kappa shape index (κ3) is 3.50. The minimum absolute atomic E-state index is 0.109. The second-order valence-corrected chi connectivity index (χ2v) is 6.21. The Kier molecular flexibility index (Phi) is 4.29. The van der Waals surface area contributed by atoms with Crippen molar-refractivity contribution in [3.8, 4) is 0 Å². The van der Waals surface area contributed by atoms with Crippen LogP contribution in [0.4, 0.5) is 20.2 Å². The highest BCUT2D eigenvalue weighted by Crippen LogP contribution is 2.36. The molecule has 2 amide bonds. The third-order valence-electron chi connectivity index (χ3n) is 3.28. The van der Waals surface area contributed by atoms with Crippen LogP contribution in [-0.2, 0) is 9.59 Å². The van der Waals surface area contributed by atoms with E-state index in [0.29, 0.717) is 11.8 Å². The average molecular weight is 334 g/mol. The summed E-state index contributed by atoms with van der Waals surface area (Å²) >= 11 is 1.28. The van der Waals surface area contributed by atoms with Gasteiger partial charge in [0.15, 0.2) is 0 Å². The van der Waals surface area contributed by atoms with Crippen LogP contribution in [0.1, 0.15) is 6.42 Å². The van der Waals surface area contributed by atoms with E-state index >= 15 is 0 Å². The molecule has 7 heteroatoms. The summed E-state index contributed by atoms with van der Waals surface area (Å²) in [5.41, 5.74) is 0.599. The van der Waals surface area contributed by atoms with Crippen LogP contribution < -0.4 is 10.6 Å². The summed E-state index contributed by atoms with van der Waals surface area (Å²) < 4.78 is 26.4. The zero-order valence-electron chi connectivity index (χ0n) is 11.8. The number of amides is 2. The molecule has 1 aliphatic heterocycles. The fraction of sp³-hybridized carbons (Fsp3) is 0.125. The van der Waals surface area contributed by atoms with Crippen molar-refractivity contribution < 1.29 is 18.4 Å². The van der Waals surface area contributed by atoms with Crippen molar-refractivity contribution in [1.82, 2.24) is 0 Å². The lowest BCUT2D eigenvalue weighted by molar-refractivity contribution is -0.120. The first-order chi connectivity index (χ1) is 11.0. The number of anilines is 2. The Labute approximate surface area is 135 Å². The quantitative estimate of drug-likeness (QED) is 0.904. The standard InChI is InChI=1S/C16H12F2N2O2S/c17-9-5-6-11(10(18)7-9)19-15(21)8-14-16(22)20-12-3-1-2-4-13(12)23-14/h1-7,14H,8H2,(H,19,21)(H,20,22)/t14-/m0/s1. The lowest BCUT2D eigenvalue weighted by Crippen LogP contribution is -2.32. The predicted octanol–water partition coefficient (Wildman–Crippen LogP) is 3.41. The highest BCUT2D eigenvalue weighted by Gasteiger charge is 2.28. The van der Waals surface area contributed by atoms with E-state index in [4.69, 9.17) is 0 Å². The van der Waals surface area contributed by atoms with E-state index in [1.807, 2.05) is 18.2 Å². The van der Waals surface area contributed by atoms with Gasteiger partial charge in [0, 0.05) is 17.4 Å². The first-order valence-corrected chi connectivity index (χ1v) is 7.72. The van der Waals surface area contributed by atoms with Gasteiger partial charge in [-0.05, 0) is 24.3 Å². The van der Waals surface area contributed by atoms with Crippen LogP contribution in [0, 0.1) is 11.6 Å². The number of rotatable bonds is 3. The van der Waals surface area contributed by atoms with Gasteiger partial charge in [-0.2, -0.15) is 0 Å². The normalized spacial score (nSPS) is 16.4. The minimum Gasteiger partial charge on any atom is -0.324 e. The van der Waals surface area contributed by atoms with Crippen molar-refractivity contribution in [1.29, 1.82) is 0 Å². The first kappa shape index (κ1) is 15.5. The molecule has 3 rings (SSSR count). The molecule has 0 bridgehead atoms. The van der Waals surface area contributed by atoms with Gasteiger partial charge >= 0.3 is 0 Å². The number of nitrogens with one attached hydrogen (secondary N) is 2. The summed E-state index contributed by atoms with van der Waals surface area (Å²) in [5.74, 6) is -2.37. The van der Waals surface area contributed by atoms with E-state index in [-0.39, 0.29) is 18.0 Å². The van der Waals surface area contributed by atoms with Crippen molar-refractivity contribution in [3.05, 3.63) is 54.1 Å². The molecular formula is C16H12F2N2O2S. The van der Waals surface area contributed by atoms with E-state index in [9.17, 15) is 18.4 Å². The van der Waals surface area contributed by atoms with Gasteiger partial charge in [-0.25, -0.2) is 8.78 Å². The number of carbonyl (C=O) groups excluding carboxylic acids is 2. The lowest BCUT2D eigenvalue weighted by Gasteiger charge is -2.23. The molecule has 0 aliphatic carbocycles. The smallest absolute Gasteiger partial charge is 0.238 e. The number of fused-ring (bicyclic) bond motifs is 1. The van der Waals surface area contributed by atoms with Crippen molar-refractivity contribution in [3.63, 3.8) is 0 Å². The van der Waals surface area contributed by atoms with Gasteiger partial charge in [0.2, 0.25) is 11.8 Å². The Balaban J connectivity index is 1.67. The van der Waals surface area contributed by atoms with Gasteiger partial charge in [0.05, 0.1) is 16.6 Å². The van der Waals surface area contributed by atoms with Crippen LogP contribution >= 0.6 is 11.8 Å². The molecule has 1 aliphatic rings. The van der Waals surface area contributed by atoms with Crippen molar-refractivity contribution in [2.75, 3.05) is 10.6 Å². The van der Waals surface area contributed by atoms with Gasteiger partial charge in [-0.15, -0.1) is 11.8 Å².